The molecule has 8 heteroatoms. The van der Waals surface area contributed by atoms with Crippen LogP contribution in [0.25, 0.3) is 0 Å². The van der Waals surface area contributed by atoms with Gasteiger partial charge in [-0.1, -0.05) is 0 Å². The second-order valence-electron chi connectivity index (χ2n) is 4.12. The first-order chi connectivity index (χ1) is 9.58. The van der Waals surface area contributed by atoms with Gasteiger partial charge >= 0.3 is 5.97 Å². The highest BCUT2D eigenvalue weighted by molar-refractivity contribution is 5.90. The number of esters is 1. The van der Waals surface area contributed by atoms with Crippen LogP contribution in [0, 0.1) is 6.92 Å². The average Bonchev–Trinajstić information content (AvgIpc) is 2.81. The molecule has 0 fully saturated rings. The van der Waals surface area contributed by atoms with Gasteiger partial charge in [0.15, 0.2) is 0 Å². The third kappa shape index (κ3) is 6.61. The minimum Gasteiger partial charge on any atom is -0.465 e. The molecule has 0 saturated heterocycles. The topological polar surface area (TPSA) is 89.8 Å². The summed E-state index contributed by atoms with van der Waals surface area (Å²) in [6.07, 6.45) is 0. The van der Waals surface area contributed by atoms with Gasteiger partial charge in [-0.3, -0.25) is 4.79 Å². The molecule has 1 aromatic rings. The van der Waals surface area contributed by atoms with Gasteiger partial charge in [0.1, 0.15) is 17.1 Å². The largest absolute Gasteiger partial charge is 0.465 e. The number of methoxy groups -OCH3 is 2. The summed E-state index contributed by atoms with van der Waals surface area (Å²) in [6, 6.07) is 1.57. The van der Waals surface area contributed by atoms with Gasteiger partial charge in [0.25, 0.3) is 0 Å². The molecule has 0 bridgehead atoms. The predicted molar refractivity (Wildman–Crippen MR) is 78.6 cm³/mol. The summed E-state index contributed by atoms with van der Waals surface area (Å²) >= 11 is 0. The summed E-state index contributed by atoms with van der Waals surface area (Å²) in [5.74, 6) is 0.368. The van der Waals surface area contributed by atoms with Gasteiger partial charge in [-0.2, -0.15) is 0 Å². The lowest BCUT2D eigenvalue weighted by molar-refractivity contribution is -0.120. The highest BCUT2D eigenvalue weighted by Crippen LogP contribution is 2.15. The molecule has 0 atom stereocenters. The van der Waals surface area contributed by atoms with E-state index in [-0.39, 0.29) is 31.4 Å². The van der Waals surface area contributed by atoms with Crippen molar-refractivity contribution in [3.8, 4) is 0 Å². The van der Waals surface area contributed by atoms with Crippen LogP contribution in [0.4, 0.5) is 0 Å². The van der Waals surface area contributed by atoms with E-state index in [4.69, 9.17) is 9.15 Å². The van der Waals surface area contributed by atoms with E-state index in [0.29, 0.717) is 30.2 Å². The van der Waals surface area contributed by atoms with E-state index in [1.54, 1.807) is 20.1 Å². The normalized spacial score (nSPS) is 9.86. The molecule has 21 heavy (non-hydrogen) atoms. The van der Waals surface area contributed by atoms with E-state index >= 15 is 0 Å². The number of furan rings is 1. The van der Waals surface area contributed by atoms with Gasteiger partial charge in [-0.15, -0.1) is 12.4 Å². The summed E-state index contributed by atoms with van der Waals surface area (Å²) in [7, 11) is 2.90. The molecule has 0 saturated carbocycles. The van der Waals surface area contributed by atoms with E-state index < -0.39 is 5.97 Å². The highest BCUT2D eigenvalue weighted by Gasteiger charge is 2.15. The van der Waals surface area contributed by atoms with E-state index in [0.717, 1.165) is 0 Å². The van der Waals surface area contributed by atoms with Gasteiger partial charge in [0.05, 0.1) is 26.8 Å². The van der Waals surface area contributed by atoms with Crippen LogP contribution in [-0.2, 0) is 20.8 Å². The maximum absolute atomic E-state index is 11.5. The molecule has 1 heterocycles. The maximum Gasteiger partial charge on any atom is 0.341 e. The number of ether oxygens (including phenoxy) is 2. The van der Waals surface area contributed by atoms with Crippen molar-refractivity contribution in [1.82, 2.24) is 10.6 Å². The number of rotatable bonds is 8. The van der Waals surface area contributed by atoms with Crippen LogP contribution >= 0.6 is 12.4 Å². The van der Waals surface area contributed by atoms with Crippen LogP contribution in [0.1, 0.15) is 21.9 Å². The van der Waals surface area contributed by atoms with Gasteiger partial charge < -0.3 is 24.5 Å². The van der Waals surface area contributed by atoms with Crippen LogP contribution in [-0.4, -0.2) is 45.8 Å². The molecule has 0 radical (unpaired) electrons. The van der Waals surface area contributed by atoms with Crippen molar-refractivity contribution in [3.63, 3.8) is 0 Å². The average molecular weight is 321 g/mol. The number of carbonyl (C=O) groups excluding carboxylic acids is 2. The van der Waals surface area contributed by atoms with E-state index in [1.807, 2.05) is 0 Å². The highest BCUT2D eigenvalue weighted by atomic mass is 35.5. The van der Waals surface area contributed by atoms with Crippen LogP contribution in [0.2, 0.25) is 0 Å². The Morgan fingerprint density at radius 1 is 1.33 bits per heavy atom. The maximum atomic E-state index is 11.5. The number of hydrogen-bond donors (Lipinski definition) is 2. The SMILES string of the molecule is COCCNCC(=O)NCc1cc(C(=O)OC)c(C)o1.Cl. The standard InChI is InChI=1S/C13H20N2O5.ClH/c1-9-11(13(17)19-3)6-10(20-9)7-15-12(16)8-14-4-5-18-2;/h6,14H,4-5,7-8H2,1-3H3,(H,15,16);1H. The molecule has 1 aromatic heterocycles. The van der Waals surface area contributed by atoms with Crippen molar-refractivity contribution >= 4 is 24.3 Å². The zero-order valence-electron chi connectivity index (χ0n) is 12.4. The fourth-order valence-corrected chi connectivity index (χ4v) is 1.57. The Bertz CT molecular complexity index is 461. The second kappa shape index (κ2) is 10.2. The monoisotopic (exact) mass is 320 g/mol. The third-order valence-electron chi connectivity index (χ3n) is 2.60. The zero-order valence-corrected chi connectivity index (χ0v) is 13.2. The summed E-state index contributed by atoms with van der Waals surface area (Å²) in [5, 5.41) is 5.61. The fourth-order valence-electron chi connectivity index (χ4n) is 1.57. The molecular formula is C13H21ClN2O5. The van der Waals surface area contributed by atoms with Gasteiger partial charge in [0, 0.05) is 13.7 Å². The molecule has 7 nitrogen and oxygen atoms in total. The molecule has 0 aliphatic rings. The van der Waals surface area contributed by atoms with Crippen LogP contribution in [0.3, 0.4) is 0 Å². The Morgan fingerprint density at radius 3 is 2.67 bits per heavy atom. The fraction of sp³-hybridized carbons (Fsp3) is 0.538. The van der Waals surface area contributed by atoms with Crippen LogP contribution in [0.15, 0.2) is 10.5 Å². The predicted octanol–water partition coefficient (Wildman–Crippen LogP) is 0.649. The number of amides is 1. The first-order valence-corrected chi connectivity index (χ1v) is 6.22. The summed E-state index contributed by atoms with van der Waals surface area (Å²) in [4.78, 5) is 22.9. The Balaban J connectivity index is 0.00000400. The lowest BCUT2D eigenvalue weighted by Gasteiger charge is -2.04. The van der Waals surface area contributed by atoms with Crippen molar-refractivity contribution in [3.05, 3.63) is 23.2 Å². The van der Waals surface area contributed by atoms with Crippen LogP contribution in [0.5, 0.6) is 0 Å². The summed E-state index contributed by atoms with van der Waals surface area (Å²) in [5.41, 5.74) is 0.370. The Morgan fingerprint density at radius 2 is 2.05 bits per heavy atom. The molecule has 2 N–H and O–H groups in total. The smallest absolute Gasteiger partial charge is 0.341 e. The molecular weight excluding hydrogens is 300 g/mol. The number of hydrogen-bond acceptors (Lipinski definition) is 6. The molecule has 0 unspecified atom stereocenters. The van der Waals surface area contributed by atoms with Gasteiger partial charge in [-0.25, -0.2) is 4.79 Å². The first-order valence-electron chi connectivity index (χ1n) is 6.22. The van der Waals surface area contributed by atoms with E-state index in [2.05, 4.69) is 15.4 Å². The molecule has 0 spiro atoms. The number of halogens is 1. The number of nitrogens with one attached hydrogen (secondary N) is 2. The first kappa shape index (κ1) is 19.4. The lowest BCUT2D eigenvalue weighted by Crippen LogP contribution is -2.34. The number of aryl methyl sites for hydroxylation is 1. The summed E-state index contributed by atoms with van der Waals surface area (Å²) in [6.45, 7) is 3.25. The van der Waals surface area contributed by atoms with Crippen LogP contribution < -0.4 is 10.6 Å². The molecule has 1 amide bonds. The Hall–Kier alpha value is -1.57. The second-order valence-corrected chi connectivity index (χ2v) is 4.12. The van der Waals surface area contributed by atoms with Crippen molar-refractivity contribution in [2.45, 2.75) is 13.5 Å². The quantitative estimate of drug-likeness (QED) is 0.540. The molecule has 0 aliphatic carbocycles. The summed E-state index contributed by atoms with van der Waals surface area (Å²) < 4.78 is 14.8. The Labute approximate surface area is 129 Å². The minimum atomic E-state index is -0.454. The van der Waals surface area contributed by atoms with Gasteiger partial charge in [-0.05, 0) is 13.0 Å². The molecule has 1 rings (SSSR count). The number of carbonyl (C=O) groups is 2. The minimum absolute atomic E-state index is 0. The molecule has 120 valence electrons. The molecule has 0 aliphatic heterocycles. The Kier molecular flexibility index (Phi) is 9.44. The lowest BCUT2D eigenvalue weighted by atomic mass is 10.2. The zero-order chi connectivity index (χ0) is 15.0. The third-order valence-corrected chi connectivity index (χ3v) is 2.60. The van der Waals surface area contributed by atoms with E-state index in [9.17, 15) is 9.59 Å². The molecule has 0 aromatic carbocycles. The van der Waals surface area contributed by atoms with Crippen molar-refractivity contribution in [2.24, 2.45) is 0 Å². The van der Waals surface area contributed by atoms with Gasteiger partial charge in [0.2, 0.25) is 5.91 Å². The van der Waals surface area contributed by atoms with Crippen molar-refractivity contribution < 1.29 is 23.5 Å². The van der Waals surface area contributed by atoms with Crippen molar-refractivity contribution in [2.75, 3.05) is 33.9 Å². The van der Waals surface area contributed by atoms with E-state index in [1.165, 1.54) is 7.11 Å². The van der Waals surface area contributed by atoms with Crippen molar-refractivity contribution in [1.29, 1.82) is 0 Å².